The Bertz CT molecular complexity index is 939. The van der Waals surface area contributed by atoms with Crippen molar-refractivity contribution in [2.75, 3.05) is 29.9 Å². The molecule has 0 unspecified atom stereocenters. The number of nitrogens with one attached hydrogen (secondary N) is 2. The predicted octanol–water partition coefficient (Wildman–Crippen LogP) is 2.49. The van der Waals surface area contributed by atoms with Crippen LogP contribution < -0.4 is 15.5 Å². The van der Waals surface area contributed by atoms with Gasteiger partial charge in [0.15, 0.2) is 0 Å². The number of benzene rings is 2. The molecule has 0 radical (unpaired) electrons. The molecular formula is C20H21N5O. The number of carbonyl (C=O) groups is 1. The molecule has 2 heterocycles. The highest BCUT2D eigenvalue weighted by Gasteiger charge is 2.16. The second-order valence-electron chi connectivity index (χ2n) is 6.44. The van der Waals surface area contributed by atoms with Gasteiger partial charge in [-0.2, -0.15) is 0 Å². The number of piperazine rings is 1. The monoisotopic (exact) mass is 347 g/mol. The van der Waals surface area contributed by atoms with E-state index in [9.17, 15) is 4.79 Å². The smallest absolute Gasteiger partial charge is 0.239 e. The van der Waals surface area contributed by atoms with Gasteiger partial charge in [-0.25, -0.2) is 9.97 Å². The molecule has 6 heteroatoms. The number of anilines is 2. The third kappa shape index (κ3) is 3.44. The summed E-state index contributed by atoms with van der Waals surface area (Å²) in [5.74, 6) is 0.882. The fourth-order valence-corrected chi connectivity index (χ4v) is 3.13. The highest BCUT2D eigenvalue weighted by molar-refractivity contribution is 5.82. The van der Waals surface area contributed by atoms with E-state index in [0.717, 1.165) is 40.3 Å². The largest absolute Gasteiger partial charge is 0.364 e. The van der Waals surface area contributed by atoms with Gasteiger partial charge >= 0.3 is 0 Å². The van der Waals surface area contributed by atoms with Crippen LogP contribution in [0.15, 0.2) is 48.5 Å². The van der Waals surface area contributed by atoms with Crippen LogP contribution in [0.3, 0.4) is 0 Å². The first kappa shape index (κ1) is 16.3. The van der Waals surface area contributed by atoms with Crippen molar-refractivity contribution in [2.45, 2.75) is 13.5 Å². The maximum absolute atomic E-state index is 11.5. The van der Waals surface area contributed by atoms with Gasteiger partial charge < -0.3 is 15.5 Å². The SMILES string of the molecule is Cc1nc2ccccc2nc1NCc1ccc(N2CCNC(=O)C2)cc1. The number of rotatable bonds is 4. The summed E-state index contributed by atoms with van der Waals surface area (Å²) in [6.45, 7) is 4.60. The van der Waals surface area contributed by atoms with Crippen molar-refractivity contribution in [1.29, 1.82) is 0 Å². The number of carbonyl (C=O) groups excluding carboxylic acids is 1. The number of amides is 1. The lowest BCUT2D eigenvalue weighted by molar-refractivity contribution is -0.120. The Balaban J connectivity index is 1.45. The van der Waals surface area contributed by atoms with Crippen LogP contribution in [0.2, 0.25) is 0 Å². The average molecular weight is 347 g/mol. The van der Waals surface area contributed by atoms with Gasteiger partial charge in [0.1, 0.15) is 5.82 Å². The molecule has 0 atom stereocenters. The van der Waals surface area contributed by atoms with Gasteiger partial charge in [-0.3, -0.25) is 4.79 Å². The van der Waals surface area contributed by atoms with Crippen molar-refractivity contribution in [1.82, 2.24) is 15.3 Å². The first-order valence-electron chi connectivity index (χ1n) is 8.77. The number of aryl methyl sites for hydroxylation is 1. The Kier molecular flexibility index (Phi) is 4.39. The van der Waals surface area contributed by atoms with Crippen molar-refractivity contribution in [3.05, 3.63) is 59.8 Å². The molecule has 4 rings (SSSR count). The summed E-state index contributed by atoms with van der Waals surface area (Å²) in [4.78, 5) is 22.9. The molecule has 1 aliphatic heterocycles. The minimum absolute atomic E-state index is 0.0762. The van der Waals surface area contributed by atoms with Gasteiger partial charge in [-0.05, 0) is 36.8 Å². The quantitative estimate of drug-likeness (QED) is 0.759. The summed E-state index contributed by atoms with van der Waals surface area (Å²) in [6.07, 6.45) is 0. The van der Waals surface area contributed by atoms with Crippen molar-refractivity contribution < 1.29 is 4.79 Å². The zero-order valence-electron chi connectivity index (χ0n) is 14.7. The highest BCUT2D eigenvalue weighted by Crippen LogP contribution is 2.19. The van der Waals surface area contributed by atoms with Crippen molar-refractivity contribution in [3.63, 3.8) is 0 Å². The number of hydrogen-bond donors (Lipinski definition) is 2. The van der Waals surface area contributed by atoms with Crippen LogP contribution in [0.1, 0.15) is 11.3 Å². The van der Waals surface area contributed by atoms with Gasteiger partial charge in [0.05, 0.1) is 23.3 Å². The van der Waals surface area contributed by atoms with E-state index in [1.54, 1.807) is 0 Å². The number of para-hydroxylation sites is 2. The molecule has 0 spiro atoms. The van der Waals surface area contributed by atoms with Crippen LogP contribution in [0.5, 0.6) is 0 Å². The third-order valence-electron chi connectivity index (χ3n) is 4.54. The van der Waals surface area contributed by atoms with Crippen LogP contribution in [-0.2, 0) is 11.3 Å². The molecule has 1 fully saturated rings. The van der Waals surface area contributed by atoms with E-state index in [0.29, 0.717) is 19.6 Å². The topological polar surface area (TPSA) is 70.2 Å². The lowest BCUT2D eigenvalue weighted by Crippen LogP contribution is -2.47. The van der Waals surface area contributed by atoms with E-state index < -0.39 is 0 Å². The second-order valence-corrected chi connectivity index (χ2v) is 6.44. The van der Waals surface area contributed by atoms with E-state index >= 15 is 0 Å². The average Bonchev–Trinajstić information content (AvgIpc) is 2.67. The van der Waals surface area contributed by atoms with Crippen LogP contribution >= 0.6 is 0 Å². The molecule has 132 valence electrons. The maximum atomic E-state index is 11.5. The Morgan fingerprint density at radius 3 is 2.54 bits per heavy atom. The summed E-state index contributed by atoms with van der Waals surface area (Å²) in [6, 6.07) is 16.2. The summed E-state index contributed by atoms with van der Waals surface area (Å²) in [5.41, 5.74) is 4.92. The van der Waals surface area contributed by atoms with E-state index in [1.165, 1.54) is 0 Å². The molecule has 6 nitrogen and oxygen atoms in total. The van der Waals surface area contributed by atoms with E-state index in [1.807, 2.05) is 31.2 Å². The van der Waals surface area contributed by atoms with Crippen LogP contribution in [0.25, 0.3) is 11.0 Å². The fraction of sp³-hybridized carbons (Fsp3) is 0.250. The van der Waals surface area contributed by atoms with E-state index in [4.69, 9.17) is 0 Å². The first-order chi connectivity index (χ1) is 12.7. The summed E-state index contributed by atoms with van der Waals surface area (Å²) in [5, 5.41) is 6.22. The van der Waals surface area contributed by atoms with Gasteiger partial charge in [0, 0.05) is 25.3 Å². The Morgan fingerprint density at radius 2 is 1.81 bits per heavy atom. The minimum atomic E-state index is 0.0762. The number of fused-ring (bicyclic) bond motifs is 1. The van der Waals surface area contributed by atoms with Gasteiger partial charge in [0.25, 0.3) is 0 Å². The van der Waals surface area contributed by atoms with Crippen LogP contribution in [0, 0.1) is 6.92 Å². The Labute approximate surface area is 152 Å². The molecule has 3 aromatic rings. The minimum Gasteiger partial charge on any atom is -0.364 e. The zero-order valence-corrected chi connectivity index (χ0v) is 14.7. The van der Waals surface area contributed by atoms with Crippen molar-refractivity contribution in [2.24, 2.45) is 0 Å². The lowest BCUT2D eigenvalue weighted by atomic mass is 10.2. The van der Waals surface area contributed by atoms with Crippen LogP contribution in [0.4, 0.5) is 11.5 Å². The maximum Gasteiger partial charge on any atom is 0.239 e. The molecule has 2 N–H and O–H groups in total. The molecule has 1 aliphatic rings. The van der Waals surface area contributed by atoms with E-state index in [-0.39, 0.29) is 5.91 Å². The van der Waals surface area contributed by atoms with Gasteiger partial charge in [-0.1, -0.05) is 24.3 Å². The summed E-state index contributed by atoms with van der Waals surface area (Å²) >= 11 is 0. The Hall–Kier alpha value is -3.15. The molecule has 1 saturated heterocycles. The van der Waals surface area contributed by atoms with Gasteiger partial charge in [-0.15, -0.1) is 0 Å². The second kappa shape index (κ2) is 7.00. The standard InChI is InChI=1S/C20H21N5O/c1-14-20(24-18-5-3-2-4-17(18)23-14)22-12-15-6-8-16(9-7-15)25-11-10-21-19(26)13-25/h2-9H,10-13H2,1H3,(H,21,26)(H,22,24). The predicted molar refractivity (Wildman–Crippen MR) is 103 cm³/mol. The summed E-state index contributed by atoms with van der Waals surface area (Å²) < 4.78 is 0. The molecule has 0 aliphatic carbocycles. The third-order valence-corrected chi connectivity index (χ3v) is 4.54. The molecule has 1 amide bonds. The molecule has 1 aromatic heterocycles. The first-order valence-corrected chi connectivity index (χ1v) is 8.77. The molecule has 2 aromatic carbocycles. The van der Waals surface area contributed by atoms with E-state index in [2.05, 4.69) is 49.8 Å². The molecule has 0 bridgehead atoms. The van der Waals surface area contributed by atoms with Gasteiger partial charge in [0.2, 0.25) is 5.91 Å². The Morgan fingerprint density at radius 1 is 1.08 bits per heavy atom. The number of aromatic nitrogens is 2. The van der Waals surface area contributed by atoms with Crippen LogP contribution in [-0.4, -0.2) is 35.5 Å². The molecular weight excluding hydrogens is 326 g/mol. The molecule has 0 saturated carbocycles. The highest BCUT2D eigenvalue weighted by atomic mass is 16.2. The number of nitrogens with zero attached hydrogens (tertiary/aromatic N) is 3. The zero-order chi connectivity index (χ0) is 17.9. The van der Waals surface area contributed by atoms with Crippen molar-refractivity contribution in [3.8, 4) is 0 Å². The normalized spacial score (nSPS) is 14.3. The number of hydrogen-bond acceptors (Lipinski definition) is 5. The molecule has 26 heavy (non-hydrogen) atoms. The van der Waals surface area contributed by atoms with Crippen molar-refractivity contribution >= 4 is 28.4 Å². The summed E-state index contributed by atoms with van der Waals surface area (Å²) in [7, 11) is 0. The lowest BCUT2D eigenvalue weighted by Gasteiger charge is -2.28. The fourth-order valence-electron chi connectivity index (χ4n) is 3.13.